The molecule has 1 aromatic heterocycles. The molecule has 2 aliphatic rings. The van der Waals surface area contributed by atoms with Gasteiger partial charge >= 0.3 is 5.97 Å². The molecule has 0 saturated heterocycles. The summed E-state index contributed by atoms with van der Waals surface area (Å²) in [5.74, 6) is -2.07. The number of hydrogen-bond donors (Lipinski definition) is 3. The van der Waals surface area contributed by atoms with Gasteiger partial charge in [0, 0.05) is 40.0 Å². The maximum atomic E-state index is 14.0. The van der Waals surface area contributed by atoms with Crippen LogP contribution in [0.4, 0.5) is 0 Å². The Kier molecular flexibility index (Phi) is 15.7. The Morgan fingerprint density at radius 3 is 2.25 bits per heavy atom. The number of carbonyl (C=O) groups is 3. The smallest absolute Gasteiger partial charge is 0.306 e. The molecule has 1 unspecified atom stereocenters. The Bertz CT molecular complexity index is 2540. The van der Waals surface area contributed by atoms with E-state index in [-0.39, 0.29) is 101 Å². The zero-order valence-corrected chi connectivity index (χ0v) is 35.7. The number of aliphatic hydroxyl groups excluding tert-OH is 1. The van der Waals surface area contributed by atoms with E-state index in [1.54, 1.807) is 45.9 Å². The number of hydrogen-bond acceptors (Lipinski definition) is 12. The number of aliphatic hydroxyl groups is 1. The van der Waals surface area contributed by atoms with Crippen LogP contribution in [-0.2, 0) is 25.5 Å². The molecule has 4 rings (SSSR count). The van der Waals surface area contributed by atoms with Gasteiger partial charge in [-0.05, 0) is 50.8 Å². The first-order valence-electron chi connectivity index (χ1n) is 20.3. The molecule has 15 heteroatoms. The molecule has 15 nitrogen and oxygen atoms in total. The zero-order valence-electron chi connectivity index (χ0n) is 35.7. The van der Waals surface area contributed by atoms with E-state index < -0.39 is 17.2 Å². The average Bonchev–Trinajstić information content (AvgIpc) is 3.54. The number of ether oxygens (including phenoxy) is 2. The van der Waals surface area contributed by atoms with Gasteiger partial charge in [-0.1, -0.05) is 59.6 Å². The molecule has 61 heavy (non-hydrogen) atoms. The molecule has 0 spiro atoms. The highest BCUT2D eigenvalue weighted by Gasteiger charge is 2.43. The van der Waals surface area contributed by atoms with Crippen LogP contribution in [0.15, 0.2) is 59.0 Å². The Morgan fingerprint density at radius 1 is 0.984 bits per heavy atom. The molecule has 3 N–H and O–H groups in total. The van der Waals surface area contributed by atoms with Gasteiger partial charge in [-0.3, -0.25) is 14.4 Å². The van der Waals surface area contributed by atoms with Crippen LogP contribution in [0.1, 0.15) is 97.7 Å². The number of amides is 1. The van der Waals surface area contributed by atoms with Crippen molar-refractivity contribution >= 4 is 40.1 Å². The van der Waals surface area contributed by atoms with E-state index in [9.17, 15) is 45.6 Å². The summed E-state index contributed by atoms with van der Waals surface area (Å²) in [5, 5.41) is 68.6. The largest absolute Gasteiger partial charge is 0.506 e. The summed E-state index contributed by atoms with van der Waals surface area (Å²) in [7, 11) is 0. The summed E-state index contributed by atoms with van der Waals surface area (Å²) < 4.78 is 14.7. The molecule has 0 fully saturated rings. The molecule has 1 heterocycles. The number of esters is 1. The molecular formula is C46H51N8O7+. The third-order valence-corrected chi connectivity index (χ3v) is 10.3. The predicted octanol–water partition coefficient (Wildman–Crippen LogP) is 4.94. The molecule has 1 aromatic carbocycles. The predicted molar refractivity (Wildman–Crippen MR) is 225 cm³/mol. The lowest BCUT2D eigenvalue weighted by atomic mass is 9.79. The van der Waals surface area contributed by atoms with Crippen LogP contribution in [0.2, 0.25) is 0 Å². The number of aromatic nitrogens is 2. The third kappa shape index (κ3) is 10.3. The second kappa shape index (κ2) is 20.6. The van der Waals surface area contributed by atoms with Crippen molar-refractivity contribution in [1.82, 2.24) is 15.1 Å². The van der Waals surface area contributed by atoms with Crippen LogP contribution in [0.25, 0.3) is 16.7 Å². The summed E-state index contributed by atoms with van der Waals surface area (Å²) in [6, 6.07) is 11.6. The normalized spacial score (nSPS) is 15.9. The number of allylic oxidation sites excluding steroid dienone is 5. The molecule has 1 atom stereocenters. The second-order valence-electron chi connectivity index (χ2n) is 15.3. The number of likely N-dealkylation sites (N-methyl/N-ethyl adjacent to an activating group) is 1. The first kappa shape index (κ1) is 46.5. The van der Waals surface area contributed by atoms with Crippen LogP contribution in [-0.4, -0.2) is 74.2 Å². The van der Waals surface area contributed by atoms with Crippen molar-refractivity contribution in [3.63, 3.8) is 0 Å². The van der Waals surface area contributed by atoms with Gasteiger partial charge in [-0.15, -0.1) is 5.10 Å². The molecule has 0 radical (unpaired) electrons. The maximum Gasteiger partial charge on any atom is 0.306 e. The topological polar surface area (TPSA) is 238 Å². The molecular weight excluding hydrogens is 777 g/mol. The highest BCUT2D eigenvalue weighted by molar-refractivity contribution is 6.40. The molecule has 2 aromatic rings. The van der Waals surface area contributed by atoms with Crippen molar-refractivity contribution in [2.45, 2.75) is 93.0 Å². The summed E-state index contributed by atoms with van der Waals surface area (Å²) >= 11 is 0. The van der Waals surface area contributed by atoms with Crippen molar-refractivity contribution in [3.8, 4) is 36.0 Å². The molecule has 0 bridgehead atoms. The van der Waals surface area contributed by atoms with Gasteiger partial charge in [0.05, 0.1) is 29.5 Å². The number of ketones is 1. The minimum atomic E-state index is -0.819. The number of Topliss-reactive ketones (excluding diaryl/α,β-unsaturated/α-hetero) is 1. The van der Waals surface area contributed by atoms with E-state index >= 15 is 0 Å². The molecule has 0 saturated carbocycles. The van der Waals surface area contributed by atoms with Crippen molar-refractivity contribution in [1.29, 1.82) is 21.0 Å². The molecule has 2 aliphatic carbocycles. The van der Waals surface area contributed by atoms with Gasteiger partial charge in [-0.25, -0.2) is 9.26 Å². The maximum absolute atomic E-state index is 14.0. The van der Waals surface area contributed by atoms with Gasteiger partial charge in [0.25, 0.3) is 0 Å². The lowest BCUT2D eigenvalue weighted by Crippen LogP contribution is -2.37. The number of rotatable bonds is 16. The minimum Gasteiger partial charge on any atom is -0.506 e. The zero-order chi connectivity index (χ0) is 45.0. The summed E-state index contributed by atoms with van der Waals surface area (Å²) in [4.78, 5) is 40.3. The van der Waals surface area contributed by atoms with Crippen molar-refractivity contribution < 1.29 is 38.6 Å². The van der Waals surface area contributed by atoms with Crippen LogP contribution >= 0.6 is 0 Å². The minimum absolute atomic E-state index is 0.0127. The van der Waals surface area contributed by atoms with E-state index in [2.05, 4.69) is 17.3 Å². The highest BCUT2D eigenvalue weighted by atomic mass is 16.5. The average molecular weight is 828 g/mol. The highest BCUT2D eigenvalue weighted by Crippen LogP contribution is 2.47. The summed E-state index contributed by atoms with van der Waals surface area (Å²) in [6.07, 6.45) is 8.26. The SMILES string of the molecule is CCCCC(CC)n1nc(OCC)c(C2=C(O)/C(=C3C=C/C(=[N+](/CC)CCOC(=O)CCc4cc(=C(C#N)C#N)ccc4=C(C#N)C#N)C=C/3NC(=O)C(C)(C)C)C2=O)c1O. The first-order chi connectivity index (χ1) is 29.1. The van der Waals surface area contributed by atoms with Crippen LogP contribution in [0.3, 0.4) is 0 Å². The quantitative estimate of drug-likeness (QED) is 0.116. The van der Waals surface area contributed by atoms with Crippen LogP contribution in [0, 0.1) is 50.7 Å². The fourth-order valence-electron chi connectivity index (χ4n) is 6.85. The Morgan fingerprint density at radius 2 is 1.67 bits per heavy atom. The molecule has 0 aliphatic heterocycles. The fourth-order valence-corrected chi connectivity index (χ4v) is 6.85. The monoisotopic (exact) mass is 827 g/mol. The van der Waals surface area contributed by atoms with E-state index in [0.717, 1.165) is 19.3 Å². The lowest BCUT2D eigenvalue weighted by Gasteiger charge is -2.27. The second-order valence-corrected chi connectivity index (χ2v) is 15.3. The fraction of sp³-hybridized carbons (Fsp3) is 0.413. The number of benzene rings is 1. The Balaban J connectivity index is 1.65. The van der Waals surface area contributed by atoms with Gasteiger partial charge in [0.15, 0.2) is 6.54 Å². The number of nitrogens with one attached hydrogen (secondary N) is 1. The number of carbonyl (C=O) groups excluding carboxylic acids is 3. The third-order valence-electron chi connectivity index (χ3n) is 10.3. The van der Waals surface area contributed by atoms with Gasteiger partial charge in [-0.2, -0.15) is 21.0 Å². The van der Waals surface area contributed by atoms with E-state index in [1.165, 1.54) is 22.9 Å². The summed E-state index contributed by atoms with van der Waals surface area (Å²) in [6.45, 7) is 13.8. The number of unbranched alkanes of at least 4 members (excludes halogenated alkanes) is 1. The molecule has 316 valence electrons. The number of nitriles is 4. The van der Waals surface area contributed by atoms with E-state index in [1.807, 2.05) is 42.7 Å². The summed E-state index contributed by atoms with van der Waals surface area (Å²) in [5.41, 5.74) is 0.259. The van der Waals surface area contributed by atoms with Crippen molar-refractivity contribution in [2.75, 3.05) is 26.3 Å². The van der Waals surface area contributed by atoms with Gasteiger partial charge in [0.1, 0.15) is 59.9 Å². The van der Waals surface area contributed by atoms with Gasteiger partial charge in [0.2, 0.25) is 29.2 Å². The Labute approximate surface area is 355 Å². The molecule has 1 amide bonds. The number of nitrogens with zero attached hydrogens (tertiary/aromatic N) is 7. The van der Waals surface area contributed by atoms with Crippen LogP contribution < -0.4 is 20.5 Å². The van der Waals surface area contributed by atoms with E-state index in [4.69, 9.17) is 9.47 Å². The van der Waals surface area contributed by atoms with Gasteiger partial charge < -0.3 is 25.0 Å². The van der Waals surface area contributed by atoms with E-state index in [0.29, 0.717) is 34.7 Å². The first-order valence-corrected chi connectivity index (χ1v) is 20.3. The Hall–Kier alpha value is -7.23. The lowest BCUT2D eigenvalue weighted by molar-refractivity contribution is -0.524. The van der Waals surface area contributed by atoms with Crippen LogP contribution in [0.5, 0.6) is 11.8 Å². The standard InChI is InChI=1S/C46H50N8O7/c1-8-12-13-32(9-2)54-44(58)40(43(52-54)60-11-4)39-41(56)38(42(39)57)35-18-16-33(23-36(35)51-45(59)46(5,6)7)53(10-3)20-21-61-37(55)19-15-29-22-28(30(24-47)25-48)14-17-34(29)31(26-49)27-50/h14,16-18,22-23,32H,8-13,15,19-21H2,1-7H3,(H2,51,52,56,57,58,59)/p+1. The number of aryl methyl sites for hydroxylation is 1. The van der Waals surface area contributed by atoms with Crippen molar-refractivity contribution in [2.24, 2.45) is 5.41 Å². The van der Waals surface area contributed by atoms with Crippen molar-refractivity contribution in [3.05, 3.63) is 80.6 Å². The number of aromatic hydroxyl groups is 1.